The van der Waals surface area contributed by atoms with Crippen LogP contribution in [0.25, 0.3) is 0 Å². The highest BCUT2D eigenvalue weighted by Crippen LogP contribution is 2.27. The number of aromatic nitrogens is 1. The molecule has 1 aromatic rings. The summed E-state index contributed by atoms with van der Waals surface area (Å²) in [4.78, 5) is 16.5. The zero-order valence-electron chi connectivity index (χ0n) is 9.92. The summed E-state index contributed by atoms with van der Waals surface area (Å²) in [6.45, 7) is 3.24. The van der Waals surface area contributed by atoms with Crippen LogP contribution in [0.4, 0.5) is 10.1 Å². The highest BCUT2D eigenvalue weighted by molar-refractivity contribution is 7.18. The molecule has 1 aromatic heterocycles. The lowest BCUT2D eigenvalue weighted by Gasteiger charge is -2.35. The number of nitrogens with one attached hydrogen (secondary N) is 1. The molecule has 2 atom stereocenters. The van der Waals surface area contributed by atoms with Crippen molar-refractivity contribution in [3.8, 4) is 0 Å². The fourth-order valence-corrected chi connectivity index (χ4v) is 2.72. The standard InChI is InChI=1S/C10H16N4O2S/c1-7-5-8(3-4-13(7)2)12-10-11-6-9(17-10)14(15)16/h6-8H,3-5H2,1-2H3,(H,11,12). The summed E-state index contributed by atoms with van der Waals surface area (Å²) in [5.41, 5.74) is 0. The van der Waals surface area contributed by atoms with Gasteiger partial charge in [-0.3, -0.25) is 10.1 Å². The minimum absolute atomic E-state index is 0.0912. The average molecular weight is 256 g/mol. The van der Waals surface area contributed by atoms with E-state index in [1.165, 1.54) is 6.20 Å². The van der Waals surface area contributed by atoms with Gasteiger partial charge in [0, 0.05) is 18.6 Å². The van der Waals surface area contributed by atoms with Gasteiger partial charge >= 0.3 is 5.00 Å². The fourth-order valence-electron chi connectivity index (χ4n) is 2.01. The Hall–Kier alpha value is -1.21. The highest BCUT2D eigenvalue weighted by Gasteiger charge is 2.23. The molecular weight excluding hydrogens is 240 g/mol. The molecule has 17 heavy (non-hydrogen) atoms. The Morgan fingerprint density at radius 3 is 3.06 bits per heavy atom. The SMILES string of the molecule is CC1CC(Nc2ncc([N+](=O)[O-])s2)CCN1C. The zero-order valence-corrected chi connectivity index (χ0v) is 10.7. The van der Waals surface area contributed by atoms with E-state index in [1.807, 2.05) is 0 Å². The quantitative estimate of drug-likeness (QED) is 0.661. The van der Waals surface area contributed by atoms with Crippen LogP contribution in [0, 0.1) is 10.1 Å². The van der Waals surface area contributed by atoms with Crippen LogP contribution in [-0.4, -0.2) is 40.5 Å². The van der Waals surface area contributed by atoms with Gasteiger partial charge in [-0.25, -0.2) is 4.98 Å². The predicted molar refractivity (Wildman–Crippen MR) is 67.5 cm³/mol. The van der Waals surface area contributed by atoms with Crippen LogP contribution in [-0.2, 0) is 0 Å². The van der Waals surface area contributed by atoms with Gasteiger partial charge in [0.15, 0.2) is 5.13 Å². The predicted octanol–water partition coefficient (Wildman–Crippen LogP) is 1.95. The summed E-state index contributed by atoms with van der Waals surface area (Å²) in [6.07, 6.45) is 3.41. The molecule has 2 unspecified atom stereocenters. The second-order valence-electron chi connectivity index (χ2n) is 4.46. The van der Waals surface area contributed by atoms with Crippen molar-refractivity contribution in [3.05, 3.63) is 16.3 Å². The highest BCUT2D eigenvalue weighted by atomic mass is 32.1. The number of thiazole rings is 1. The molecule has 2 rings (SSSR count). The van der Waals surface area contributed by atoms with E-state index in [4.69, 9.17) is 0 Å². The molecule has 1 N–H and O–H groups in total. The molecule has 0 aromatic carbocycles. The van der Waals surface area contributed by atoms with E-state index in [1.54, 1.807) is 0 Å². The topological polar surface area (TPSA) is 71.3 Å². The first-order valence-corrected chi connectivity index (χ1v) is 6.45. The van der Waals surface area contributed by atoms with E-state index in [0.29, 0.717) is 17.2 Å². The van der Waals surface area contributed by atoms with Gasteiger partial charge in [-0.05, 0) is 38.1 Å². The van der Waals surface area contributed by atoms with Crippen LogP contribution in [0.15, 0.2) is 6.20 Å². The Morgan fingerprint density at radius 2 is 2.47 bits per heavy atom. The summed E-state index contributed by atoms with van der Waals surface area (Å²) < 4.78 is 0. The van der Waals surface area contributed by atoms with Gasteiger partial charge in [-0.1, -0.05) is 0 Å². The summed E-state index contributed by atoms with van der Waals surface area (Å²) >= 11 is 1.10. The lowest BCUT2D eigenvalue weighted by atomic mass is 9.99. The molecular formula is C10H16N4O2S. The van der Waals surface area contributed by atoms with Crippen LogP contribution < -0.4 is 5.32 Å². The van der Waals surface area contributed by atoms with E-state index in [9.17, 15) is 10.1 Å². The van der Waals surface area contributed by atoms with E-state index in [-0.39, 0.29) is 5.00 Å². The number of hydrogen-bond donors (Lipinski definition) is 1. The monoisotopic (exact) mass is 256 g/mol. The van der Waals surface area contributed by atoms with Crippen molar-refractivity contribution in [1.29, 1.82) is 0 Å². The first-order valence-electron chi connectivity index (χ1n) is 5.63. The van der Waals surface area contributed by atoms with Crippen LogP contribution in [0.1, 0.15) is 19.8 Å². The number of likely N-dealkylation sites (tertiary alicyclic amines) is 1. The van der Waals surface area contributed by atoms with Crippen molar-refractivity contribution in [3.63, 3.8) is 0 Å². The zero-order chi connectivity index (χ0) is 12.4. The maximum Gasteiger partial charge on any atom is 0.345 e. The van der Waals surface area contributed by atoms with Gasteiger partial charge in [0.2, 0.25) is 0 Å². The second-order valence-corrected chi connectivity index (χ2v) is 5.47. The van der Waals surface area contributed by atoms with Crippen molar-refractivity contribution >= 4 is 21.5 Å². The van der Waals surface area contributed by atoms with Gasteiger partial charge in [0.25, 0.3) is 0 Å². The van der Waals surface area contributed by atoms with E-state index < -0.39 is 4.92 Å². The molecule has 0 aliphatic carbocycles. The summed E-state index contributed by atoms with van der Waals surface area (Å²) in [5.74, 6) is 0. The molecule has 7 heteroatoms. The minimum Gasteiger partial charge on any atom is -0.358 e. The molecule has 0 amide bonds. The second kappa shape index (κ2) is 4.97. The number of piperidine rings is 1. The third kappa shape index (κ3) is 2.92. The Morgan fingerprint density at radius 1 is 1.71 bits per heavy atom. The van der Waals surface area contributed by atoms with E-state index in [0.717, 1.165) is 30.7 Å². The molecule has 0 saturated carbocycles. The molecule has 0 bridgehead atoms. The van der Waals surface area contributed by atoms with E-state index in [2.05, 4.69) is 29.2 Å². The number of nitro groups is 1. The Kier molecular flexibility index (Phi) is 3.58. The fraction of sp³-hybridized carbons (Fsp3) is 0.700. The van der Waals surface area contributed by atoms with Crippen LogP contribution in [0.2, 0.25) is 0 Å². The largest absolute Gasteiger partial charge is 0.358 e. The first-order chi connectivity index (χ1) is 8.06. The Bertz CT molecular complexity index is 409. The number of nitrogens with zero attached hydrogens (tertiary/aromatic N) is 3. The van der Waals surface area contributed by atoms with Crippen molar-refractivity contribution in [2.24, 2.45) is 0 Å². The first kappa shape index (κ1) is 12.3. The minimum atomic E-state index is -0.403. The smallest absolute Gasteiger partial charge is 0.345 e. The molecule has 1 aliphatic rings. The number of anilines is 1. The maximum absolute atomic E-state index is 10.5. The molecule has 1 aliphatic heterocycles. The van der Waals surface area contributed by atoms with Crippen LogP contribution in [0.5, 0.6) is 0 Å². The normalized spacial score (nSPS) is 25.8. The van der Waals surface area contributed by atoms with Gasteiger partial charge in [0.05, 0.1) is 4.92 Å². The van der Waals surface area contributed by atoms with Crippen molar-refractivity contribution in [2.75, 3.05) is 18.9 Å². The molecule has 1 fully saturated rings. The van der Waals surface area contributed by atoms with Crippen molar-refractivity contribution < 1.29 is 4.92 Å². The number of rotatable bonds is 3. The lowest BCUT2D eigenvalue weighted by Crippen LogP contribution is -2.42. The molecule has 2 heterocycles. The van der Waals surface area contributed by atoms with Crippen LogP contribution in [0.3, 0.4) is 0 Å². The van der Waals surface area contributed by atoms with Gasteiger partial charge in [0.1, 0.15) is 6.20 Å². The van der Waals surface area contributed by atoms with Crippen molar-refractivity contribution in [1.82, 2.24) is 9.88 Å². The molecule has 6 nitrogen and oxygen atoms in total. The summed E-state index contributed by atoms with van der Waals surface area (Å²) in [7, 11) is 2.12. The third-order valence-corrected chi connectivity index (χ3v) is 4.09. The molecule has 0 spiro atoms. The summed E-state index contributed by atoms with van der Waals surface area (Å²) in [5, 5.41) is 14.6. The Balaban J connectivity index is 1.94. The Labute approximate surface area is 104 Å². The maximum atomic E-state index is 10.5. The van der Waals surface area contributed by atoms with Gasteiger partial charge in [-0.2, -0.15) is 0 Å². The third-order valence-electron chi connectivity index (χ3n) is 3.21. The van der Waals surface area contributed by atoms with E-state index >= 15 is 0 Å². The van der Waals surface area contributed by atoms with Gasteiger partial charge < -0.3 is 10.2 Å². The lowest BCUT2D eigenvalue weighted by molar-refractivity contribution is -0.380. The molecule has 1 saturated heterocycles. The van der Waals surface area contributed by atoms with Crippen molar-refractivity contribution in [2.45, 2.75) is 31.8 Å². The average Bonchev–Trinajstić information content (AvgIpc) is 2.72. The van der Waals surface area contributed by atoms with Crippen LogP contribution >= 0.6 is 11.3 Å². The molecule has 0 radical (unpaired) electrons. The molecule has 94 valence electrons. The van der Waals surface area contributed by atoms with Gasteiger partial charge in [-0.15, -0.1) is 0 Å². The number of hydrogen-bond acceptors (Lipinski definition) is 6. The summed E-state index contributed by atoms with van der Waals surface area (Å²) in [6, 6.07) is 0.906.